The average Bonchev–Trinajstić information content (AvgIpc) is 3.11. The summed E-state index contributed by atoms with van der Waals surface area (Å²) >= 11 is 0. The van der Waals surface area contributed by atoms with E-state index in [0.717, 1.165) is 42.7 Å². The molecule has 5 nitrogen and oxygen atoms in total. The fourth-order valence-corrected chi connectivity index (χ4v) is 2.44. The van der Waals surface area contributed by atoms with E-state index in [1.807, 2.05) is 0 Å². The maximum absolute atomic E-state index is 13.2. The molecule has 0 atom stereocenters. The topological polar surface area (TPSA) is 61.0 Å². The molecule has 0 radical (unpaired) electrons. The lowest BCUT2D eigenvalue weighted by Gasteiger charge is -2.22. The van der Waals surface area contributed by atoms with Gasteiger partial charge in [-0.3, -0.25) is 4.98 Å². The van der Waals surface area contributed by atoms with Crippen molar-refractivity contribution in [1.29, 1.82) is 0 Å². The first-order valence-electron chi connectivity index (χ1n) is 8.10. The van der Waals surface area contributed by atoms with Gasteiger partial charge in [-0.05, 0) is 44.2 Å². The molecule has 0 saturated carbocycles. The summed E-state index contributed by atoms with van der Waals surface area (Å²) in [6.45, 7) is 2.96. The summed E-state index contributed by atoms with van der Waals surface area (Å²) in [5.74, 6) is -0.492. The minimum Gasteiger partial charge on any atom is -0.478 e. The van der Waals surface area contributed by atoms with Crippen molar-refractivity contribution in [2.45, 2.75) is 31.8 Å². The lowest BCUT2D eigenvalue weighted by atomic mass is 10.1. The largest absolute Gasteiger partial charge is 0.478 e. The van der Waals surface area contributed by atoms with Crippen molar-refractivity contribution in [2.75, 3.05) is 0 Å². The molecule has 0 amide bonds. The summed E-state index contributed by atoms with van der Waals surface area (Å²) in [6, 6.07) is 4.70. The summed E-state index contributed by atoms with van der Waals surface area (Å²) < 4.78 is 88.4. The first-order chi connectivity index (χ1) is 13.4. The van der Waals surface area contributed by atoms with Crippen molar-refractivity contribution in [3.63, 3.8) is 0 Å². The third kappa shape index (κ3) is 4.49. The quantitative estimate of drug-likeness (QED) is 0.526. The Morgan fingerprint density at radius 3 is 2.10 bits per heavy atom. The van der Waals surface area contributed by atoms with E-state index in [0.29, 0.717) is 0 Å². The predicted octanol–water partition coefficient (Wildman–Crippen LogP) is 5.48. The minimum absolute atomic E-state index is 0.0834. The van der Waals surface area contributed by atoms with Gasteiger partial charge >= 0.3 is 12.4 Å². The zero-order valence-electron chi connectivity index (χ0n) is 15.0. The number of ether oxygens (including phenoxy) is 1. The van der Waals surface area contributed by atoms with Gasteiger partial charge in [0.15, 0.2) is 5.60 Å². The van der Waals surface area contributed by atoms with Gasteiger partial charge in [0.1, 0.15) is 5.75 Å². The van der Waals surface area contributed by atoms with Crippen molar-refractivity contribution in [2.24, 2.45) is 0 Å². The Labute approximate surface area is 160 Å². The van der Waals surface area contributed by atoms with Gasteiger partial charge in [-0.25, -0.2) is 0 Å². The summed E-state index contributed by atoms with van der Waals surface area (Å²) in [7, 11) is 0. The number of nitrogens with zero attached hydrogens (tertiary/aromatic N) is 3. The second kappa shape index (κ2) is 7.05. The maximum atomic E-state index is 13.2. The van der Waals surface area contributed by atoms with Gasteiger partial charge in [0.2, 0.25) is 5.89 Å². The lowest BCUT2D eigenvalue weighted by molar-refractivity contribution is -0.138. The highest BCUT2D eigenvalue weighted by Crippen LogP contribution is 2.37. The van der Waals surface area contributed by atoms with Crippen molar-refractivity contribution in [1.82, 2.24) is 15.2 Å². The molecule has 0 bridgehead atoms. The fourth-order valence-electron chi connectivity index (χ4n) is 2.44. The van der Waals surface area contributed by atoms with E-state index >= 15 is 0 Å². The second-order valence-corrected chi connectivity index (χ2v) is 6.47. The smallest absolute Gasteiger partial charge is 0.417 e. The van der Waals surface area contributed by atoms with Crippen LogP contribution in [0.2, 0.25) is 0 Å². The van der Waals surface area contributed by atoms with Crippen LogP contribution in [0.3, 0.4) is 0 Å². The SMILES string of the molecule is CC(C)(Oc1ccc(C(F)(F)F)cc1)c1nnc(-c2cnccc2C(F)(F)F)o1. The van der Waals surface area contributed by atoms with Crippen molar-refractivity contribution < 1.29 is 35.5 Å². The lowest BCUT2D eigenvalue weighted by Crippen LogP contribution is -2.25. The van der Waals surface area contributed by atoms with Crippen molar-refractivity contribution >= 4 is 0 Å². The van der Waals surface area contributed by atoms with E-state index in [1.54, 1.807) is 0 Å². The molecule has 0 fully saturated rings. The third-order valence-corrected chi connectivity index (χ3v) is 3.85. The molecule has 0 N–H and O–H groups in total. The van der Waals surface area contributed by atoms with Gasteiger partial charge in [0.05, 0.1) is 16.7 Å². The predicted molar refractivity (Wildman–Crippen MR) is 87.6 cm³/mol. The Morgan fingerprint density at radius 1 is 0.862 bits per heavy atom. The monoisotopic (exact) mass is 417 g/mol. The van der Waals surface area contributed by atoms with Crippen molar-refractivity contribution in [3.05, 3.63) is 59.7 Å². The molecule has 154 valence electrons. The summed E-state index contributed by atoms with van der Waals surface area (Å²) in [6.07, 6.45) is -7.21. The molecule has 29 heavy (non-hydrogen) atoms. The molecule has 2 aromatic heterocycles. The first-order valence-corrected chi connectivity index (χ1v) is 8.10. The first kappa shape index (κ1) is 20.6. The summed E-state index contributed by atoms with van der Waals surface area (Å²) in [4.78, 5) is 3.65. The van der Waals surface area contributed by atoms with Crippen LogP contribution in [0.5, 0.6) is 5.75 Å². The van der Waals surface area contributed by atoms with Crippen LogP contribution in [-0.2, 0) is 18.0 Å². The van der Waals surface area contributed by atoms with Crippen LogP contribution in [0.15, 0.2) is 47.1 Å². The van der Waals surface area contributed by atoms with Crippen LogP contribution < -0.4 is 4.74 Å². The van der Waals surface area contributed by atoms with Gasteiger partial charge in [0, 0.05) is 12.4 Å². The highest BCUT2D eigenvalue weighted by molar-refractivity contribution is 5.57. The molecule has 3 rings (SSSR count). The van der Waals surface area contributed by atoms with Crippen LogP contribution in [0.1, 0.15) is 30.9 Å². The number of aromatic nitrogens is 3. The van der Waals surface area contributed by atoms with Gasteiger partial charge in [0.25, 0.3) is 5.89 Å². The highest BCUT2D eigenvalue weighted by Gasteiger charge is 2.37. The molecular weight excluding hydrogens is 404 g/mol. The number of pyridine rings is 1. The van der Waals surface area contributed by atoms with Crippen LogP contribution in [0.4, 0.5) is 26.3 Å². The number of benzene rings is 1. The van der Waals surface area contributed by atoms with E-state index in [9.17, 15) is 26.3 Å². The molecule has 0 spiro atoms. The second-order valence-electron chi connectivity index (χ2n) is 6.47. The molecule has 2 heterocycles. The van der Waals surface area contributed by atoms with E-state index < -0.39 is 40.5 Å². The molecule has 11 heteroatoms. The molecule has 0 aliphatic heterocycles. The number of alkyl halides is 6. The van der Waals surface area contributed by atoms with Crippen LogP contribution >= 0.6 is 0 Å². The van der Waals surface area contributed by atoms with E-state index in [-0.39, 0.29) is 11.6 Å². The number of halogens is 6. The van der Waals surface area contributed by atoms with Crippen molar-refractivity contribution in [3.8, 4) is 17.2 Å². The minimum atomic E-state index is -4.65. The summed E-state index contributed by atoms with van der Waals surface area (Å²) in [5.41, 5.74) is -3.57. The Hall–Kier alpha value is -3.11. The maximum Gasteiger partial charge on any atom is 0.417 e. The van der Waals surface area contributed by atoms with E-state index in [2.05, 4.69) is 15.2 Å². The molecule has 0 aliphatic rings. The normalized spacial score (nSPS) is 12.8. The Morgan fingerprint density at radius 2 is 1.52 bits per heavy atom. The molecule has 0 aliphatic carbocycles. The number of hydrogen-bond acceptors (Lipinski definition) is 5. The standard InChI is InChI=1S/C18H13F6N3O2/c1-16(2,29-11-5-3-10(4-6-11)17(19,20)21)15-27-26-14(28-15)12-9-25-8-7-13(12)18(22,23)24/h3-9H,1-2H3. The third-order valence-electron chi connectivity index (χ3n) is 3.85. The van der Waals surface area contributed by atoms with Crippen LogP contribution in [-0.4, -0.2) is 15.2 Å². The Bertz CT molecular complexity index is 994. The number of hydrogen-bond donors (Lipinski definition) is 0. The highest BCUT2D eigenvalue weighted by atomic mass is 19.4. The zero-order valence-corrected chi connectivity index (χ0v) is 15.0. The van der Waals surface area contributed by atoms with Gasteiger partial charge in [-0.15, -0.1) is 10.2 Å². The Balaban J connectivity index is 1.86. The zero-order chi connectivity index (χ0) is 21.4. The average molecular weight is 417 g/mol. The fraction of sp³-hybridized carbons (Fsp3) is 0.278. The van der Waals surface area contributed by atoms with Gasteiger partial charge in [-0.1, -0.05) is 0 Å². The van der Waals surface area contributed by atoms with E-state index in [1.165, 1.54) is 13.8 Å². The molecule has 1 aromatic carbocycles. The molecular formula is C18H13F6N3O2. The van der Waals surface area contributed by atoms with Crippen LogP contribution in [0.25, 0.3) is 11.5 Å². The summed E-state index contributed by atoms with van der Waals surface area (Å²) in [5, 5.41) is 7.35. The van der Waals surface area contributed by atoms with Crippen LogP contribution in [0, 0.1) is 0 Å². The Kier molecular flexibility index (Phi) is 5.01. The number of rotatable bonds is 4. The molecule has 0 unspecified atom stereocenters. The van der Waals surface area contributed by atoms with Gasteiger partial charge < -0.3 is 9.15 Å². The molecule has 3 aromatic rings. The molecule has 0 saturated heterocycles. The van der Waals surface area contributed by atoms with E-state index in [4.69, 9.17) is 9.15 Å². The van der Waals surface area contributed by atoms with Gasteiger partial charge in [-0.2, -0.15) is 26.3 Å².